The molecule has 2 aromatic rings. The Kier molecular flexibility index (Phi) is 4.47. The van der Waals surface area contributed by atoms with Gasteiger partial charge in [-0.05, 0) is 12.1 Å². The molecule has 3 rings (SSSR count). The minimum Gasteiger partial charge on any atom is -0.495 e. The van der Waals surface area contributed by atoms with Gasteiger partial charge in [0.25, 0.3) is 0 Å². The second-order valence-corrected chi connectivity index (χ2v) is 8.12. The molecule has 8 heteroatoms. The molecule has 1 atom stereocenters. The van der Waals surface area contributed by atoms with E-state index >= 15 is 0 Å². The predicted molar refractivity (Wildman–Crippen MR) is 100 cm³/mol. The number of fused-ring (bicyclic) bond motifs is 1. The Morgan fingerprint density at radius 3 is 2.68 bits per heavy atom. The number of hydrogen-bond donors (Lipinski definition) is 3. The van der Waals surface area contributed by atoms with Crippen LogP contribution in [0.5, 0.6) is 5.75 Å². The second kappa shape index (κ2) is 6.44. The molecule has 1 aromatic heterocycles. The Hall–Kier alpha value is -2.48. The molecule has 0 bridgehead atoms. The highest BCUT2D eigenvalue weighted by Crippen LogP contribution is 2.38. The maximum Gasteiger partial charge on any atom is 0.175 e. The van der Waals surface area contributed by atoms with Crippen LogP contribution in [0.1, 0.15) is 18.4 Å². The first-order valence-corrected chi connectivity index (χ1v) is 9.84. The number of hydrogen-bond acceptors (Lipinski definition) is 7. The summed E-state index contributed by atoms with van der Waals surface area (Å²) in [6.45, 7) is 3.01. The maximum atomic E-state index is 11.7. The summed E-state index contributed by atoms with van der Waals surface area (Å²) in [6.07, 6.45) is 1.17. The van der Waals surface area contributed by atoms with Crippen LogP contribution in [0.25, 0.3) is 0 Å². The van der Waals surface area contributed by atoms with Gasteiger partial charge >= 0.3 is 0 Å². The number of benzene rings is 1. The first-order chi connectivity index (χ1) is 11.8. The first kappa shape index (κ1) is 17.3. The van der Waals surface area contributed by atoms with E-state index in [1.807, 2.05) is 13.1 Å². The van der Waals surface area contributed by atoms with Crippen LogP contribution in [0.15, 0.2) is 29.2 Å². The van der Waals surface area contributed by atoms with Crippen molar-refractivity contribution in [2.75, 3.05) is 42.9 Å². The molecule has 0 fully saturated rings. The number of rotatable bonds is 5. The number of nitrogens with one attached hydrogen (secondary N) is 3. The summed E-state index contributed by atoms with van der Waals surface area (Å²) in [5.74, 6) is 2.34. The lowest BCUT2D eigenvalue weighted by atomic mass is 10.0. The highest BCUT2D eigenvalue weighted by Gasteiger charge is 2.24. The molecule has 3 N–H and O–H groups in total. The fraction of sp³-hybridized carbons (Fsp3) is 0.353. The van der Waals surface area contributed by atoms with E-state index in [2.05, 4.69) is 27.9 Å². The van der Waals surface area contributed by atoms with Crippen molar-refractivity contribution in [1.29, 1.82) is 0 Å². The summed E-state index contributed by atoms with van der Waals surface area (Å²) < 4.78 is 28.7. The smallest absolute Gasteiger partial charge is 0.175 e. The molecule has 1 unspecified atom stereocenters. The molecular weight excluding hydrogens is 340 g/mol. The van der Waals surface area contributed by atoms with Crippen LogP contribution < -0.4 is 20.7 Å². The van der Waals surface area contributed by atoms with Gasteiger partial charge in [0.1, 0.15) is 17.4 Å². The van der Waals surface area contributed by atoms with Crippen LogP contribution in [0.3, 0.4) is 0 Å². The lowest BCUT2D eigenvalue weighted by Crippen LogP contribution is -2.03. The van der Waals surface area contributed by atoms with Crippen molar-refractivity contribution in [1.82, 2.24) is 4.98 Å². The van der Waals surface area contributed by atoms with Crippen LogP contribution in [-0.4, -0.2) is 40.4 Å². The molecule has 1 aliphatic rings. The minimum atomic E-state index is -3.29. The third kappa shape index (κ3) is 3.34. The van der Waals surface area contributed by atoms with Crippen LogP contribution in [0.2, 0.25) is 0 Å². The predicted octanol–water partition coefficient (Wildman–Crippen LogP) is 2.81. The molecule has 7 nitrogen and oxygen atoms in total. The van der Waals surface area contributed by atoms with Crippen molar-refractivity contribution in [2.45, 2.75) is 17.7 Å². The molecule has 0 saturated heterocycles. The van der Waals surface area contributed by atoms with Crippen molar-refractivity contribution >= 4 is 32.8 Å². The monoisotopic (exact) mass is 362 g/mol. The van der Waals surface area contributed by atoms with Crippen molar-refractivity contribution in [3.8, 4) is 5.75 Å². The SMILES string of the molecule is CNc1cc(Nc2ccc(S(C)(=O)=O)cc2OC)nc2c1C(C)CN2. The molecular formula is C17H22N4O3S. The van der Waals surface area contributed by atoms with Gasteiger partial charge in [-0.2, -0.15) is 0 Å². The van der Waals surface area contributed by atoms with Gasteiger partial charge in [-0.3, -0.25) is 0 Å². The summed E-state index contributed by atoms with van der Waals surface area (Å²) in [6, 6.07) is 6.67. The van der Waals surface area contributed by atoms with Gasteiger partial charge < -0.3 is 20.7 Å². The van der Waals surface area contributed by atoms with Gasteiger partial charge in [0, 0.05) is 49.1 Å². The van der Waals surface area contributed by atoms with E-state index in [-0.39, 0.29) is 4.90 Å². The number of sulfone groups is 1. The highest BCUT2D eigenvalue weighted by atomic mass is 32.2. The number of anilines is 4. The minimum absolute atomic E-state index is 0.211. The zero-order chi connectivity index (χ0) is 18.2. The van der Waals surface area contributed by atoms with Gasteiger partial charge in [0.2, 0.25) is 0 Å². The van der Waals surface area contributed by atoms with Crippen molar-refractivity contribution < 1.29 is 13.2 Å². The largest absolute Gasteiger partial charge is 0.495 e. The van der Waals surface area contributed by atoms with E-state index in [4.69, 9.17) is 4.74 Å². The van der Waals surface area contributed by atoms with Crippen LogP contribution >= 0.6 is 0 Å². The molecule has 25 heavy (non-hydrogen) atoms. The Morgan fingerprint density at radius 1 is 1.28 bits per heavy atom. The van der Waals surface area contributed by atoms with E-state index < -0.39 is 9.84 Å². The number of methoxy groups -OCH3 is 1. The molecule has 0 spiro atoms. The van der Waals surface area contributed by atoms with Gasteiger partial charge in [-0.1, -0.05) is 6.92 Å². The van der Waals surface area contributed by atoms with Crippen molar-refractivity contribution in [3.05, 3.63) is 29.8 Å². The molecule has 0 amide bonds. The Balaban J connectivity index is 1.98. The zero-order valence-electron chi connectivity index (χ0n) is 14.7. The molecule has 0 aliphatic carbocycles. The van der Waals surface area contributed by atoms with Gasteiger partial charge in [0.05, 0.1) is 17.7 Å². The van der Waals surface area contributed by atoms with Crippen LogP contribution in [-0.2, 0) is 9.84 Å². The molecule has 2 heterocycles. The molecule has 1 aromatic carbocycles. The Bertz CT molecular complexity index is 912. The summed E-state index contributed by atoms with van der Waals surface area (Å²) in [7, 11) is 0.0925. The van der Waals surface area contributed by atoms with Gasteiger partial charge in [-0.15, -0.1) is 0 Å². The van der Waals surface area contributed by atoms with E-state index in [0.29, 0.717) is 23.2 Å². The lowest BCUT2D eigenvalue weighted by molar-refractivity contribution is 0.415. The normalized spacial score (nSPS) is 16.1. The third-order valence-corrected chi connectivity index (χ3v) is 5.37. The van der Waals surface area contributed by atoms with Gasteiger partial charge in [-0.25, -0.2) is 13.4 Å². The fourth-order valence-corrected chi connectivity index (χ4v) is 3.59. The summed E-state index contributed by atoms with van der Waals surface area (Å²) in [5.41, 5.74) is 2.83. The molecule has 1 aliphatic heterocycles. The van der Waals surface area contributed by atoms with E-state index in [1.165, 1.54) is 25.0 Å². The maximum absolute atomic E-state index is 11.7. The van der Waals surface area contributed by atoms with E-state index in [0.717, 1.165) is 18.1 Å². The quantitative estimate of drug-likeness (QED) is 0.753. The average molecular weight is 362 g/mol. The second-order valence-electron chi connectivity index (χ2n) is 6.11. The summed E-state index contributed by atoms with van der Waals surface area (Å²) >= 11 is 0. The van der Waals surface area contributed by atoms with Gasteiger partial charge in [0.15, 0.2) is 9.84 Å². The van der Waals surface area contributed by atoms with E-state index in [1.54, 1.807) is 12.1 Å². The molecule has 0 radical (unpaired) electrons. The molecule has 0 saturated carbocycles. The number of pyridine rings is 1. The van der Waals surface area contributed by atoms with Crippen LogP contribution in [0, 0.1) is 0 Å². The first-order valence-electron chi connectivity index (χ1n) is 7.95. The fourth-order valence-electron chi connectivity index (χ4n) is 2.95. The Labute approximate surface area is 147 Å². The molecule has 134 valence electrons. The highest BCUT2D eigenvalue weighted by molar-refractivity contribution is 7.90. The summed E-state index contributed by atoms with van der Waals surface area (Å²) in [5, 5.41) is 9.73. The average Bonchev–Trinajstić information content (AvgIpc) is 2.94. The Morgan fingerprint density at radius 2 is 2.04 bits per heavy atom. The van der Waals surface area contributed by atoms with Crippen molar-refractivity contribution in [2.24, 2.45) is 0 Å². The third-order valence-electron chi connectivity index (χ3n) is 4.26. The van der Waals surface area contributed by atoms with Crippen molar-refractivity contribution in [3.63, 3.8) is 0 Å². The lowest BCUT2D eigenvalue weighted by Gasteiger charge is -2.15. The number of nitrogens with zero attached hydrogens (tertiary/aromatic N) is 1. The van der Waals surface area contributed by atoms with Crippen LogP contribution in [0.4, 0.5) is 23.0 Å². The standard InChI is InChI=1S/C17H22N4O3S/c1-10-9-19-17-16(10)13(18-2)8-15(21-17)20-12-6-5-11(25(4,22)23)7-14(12)24-3/h5-8,10H,9H2,1-4H3,(H3,18,19,20,21). The number of aromatic nitrogens is 1. The summed E-state index contributed by atoms with van der Waals surface area (Å²) in [4.78, 5) is 4.83. The topological polar surface area (TPSA) is 92.3 Å². The number of ether oxygens (including phenoxy) is 1. The van der Waals surface area contributed by atoms with E-state index in [9.17, 15) is 8.42 Å². The zero-order valence-corrected chi connectivity index (χ0v) is 15.5.